The van der Waals surface area contributed by atoms with Crippen molar-refractivity contribution in [1.29, 1.82) is 0 Å². The van der Waals surface area contributed by atoms with Gasteiger partial charge in [-0.3, -0.25) is 0 Å². The molecule has 0 atom stereocenters. The van der Waals surface area contributed by atoms with Crippen molar-refractivity contribution in [3.05, 3.63) is 40.4 Å². The van der Waals surface area contributed by atoms with Crippen LogP contribution in [0, 0.1) is 6.92 Å². The molecule has 2 rings (SSSR count). The van der Waals surface area contributed by atoms with Crippen LogP contribution in [0.15, 0.2) is 33.7 Å². The van der Waals surface area contributed by atoms with E-state index in [1.165, 1.54) is 6.26 Å². The lowest BCUT2D eigenvalue weighted by molar-refractivity contribution is 0.478. The van der Waals surface area contributed by atoms with Crippen molar-refractivity contribution in [2.24, 2.45) is 0 Å². The fourth-order valence-corrected chi connectivity index (χ4v) is 1.35. The Morgan fingerprint density at radius 2 is 2.08 bits per heavy atom. The Balaban J connectivity index is 3.03. The summed E-state index contributed by atoms with van der Waals surface area (Å²) in [5, 5.41) is 10.4. The number of rotatable bonds is 0. The van der Waals surface area contributed by atoms with Crippen LogP contribution in [-0.4, -0.2) is 5.11 Å². The number of hydrogen-bond acceptors (Lipinski definition) is 3. The van der Waals surface area contributed by atoms with Gasteiger partial charge in [-0.1, -0.05) is 0 Å². The molecule has 0 saturated heterocycles. The first kappa shape index (κ1) is 7.86. The number of phenols is 1. The van der Waals surface area contributed by atoms with Gasteiger partial charge in [-0.2, -0.15) is 0 Å². The Labute approximate surface area is 74.2 Å². The van der Waals surface area contributed by atoms with Gasteiger partial charge in [0.15, 0.2) is 0 Å². The maximum atomic E-state index is 11.2. The van der Waals surface area contributed by atoms with Crippen molar-refractivity contribution in [3.63, 3.8) is 0 Å². The average molecular weight is 176 g/mol. The van der Waals surface area contributed by atoms with Gasteiger partial charge in [-0.05, 0) is 30.7 Å². The Morgan fingerprint density at radius 1 is 1.31 bits per heavy atom. The summed E-state index contributed by atoms with van der Waals surface area (Å²) in [6.45, 7) is 1.81. The highest BCUT2D eigenvalue weighted by atomic mass is 16.4. The molecule has 3 nitrogen and oxygen atoms in total. The van der Waals surface area contributed by atoms with Crippen LogP contribution in [0.5, 0.6) is 5.75 Å². The van der Waals surface area contributed by atoms with Crippen molar-refractivity contribution in [2.45, 2.75) is 6.92 Å². The van der Waals surface area contributed by atoms with Gasteiger partial charge in [0.2, 0.25) is 0 Å². The summed E-state index contributed by atoms with van der Waals surface area (Å²) in [6.07, 6.45) is 1.28. The molecule has 0 amide bonds. The van der Waals surface area contributed by atoms with Crippen LogP contribution in [-0.2, 0) is 0 Å². The van der Waals surface area contributed by atoms with Gasteiger partial charge in [0.25, 0.3) is 0 Å². The lowest BCUT2D eigenvalue weighted by Gasteiger charge is -2.00. The highest BCUT2D eigenvalue weighted by molar-refractivity contribution is 5.87. The van der Waals surface area contributed by atoms with Crippen LogP contribution in [0.2, 0.25) is 0 Å². The number of phenolic OH excluding ortho intramolecular Hbond substituents is 1. The summed E-state index contributed by atoms with van der Waals surface area (Å²) in [6, 6.07) is 4.88. The van der Waals surface area contributed by atoms with Crippen LogP contribution >= 0.6 is 0 Å². The standard InChI is InChI=1S/C10H8O3/c1-6-4-8-7(9(11)5-6)2-3-13-10(8)12/h2-5,11H,1H3. The second-order valence-corrected chi connectivity index (χ2v) is 2.95. The number of fused-ring (bicyclic) bond motifs is 1. The number of hydrogen-bond donors (Lipinski definition) is 1. The molecule has 1 aromatic carbocycles. The molecule has 0 radical (unpaired) electrons. The third kappa shape index (κ3) is 1.18. The predicted molar refractivity (Wildman–Crippen MR) is 48.9 cm³/mol. The zero-order chi connectivity index (χ0) is 9.42. The molecule has 0 aliphatic carbocycles. The Kier molecular flexibility index (Phi) is 1.59. The van der Waals surface area contributed by atoms with E-state index in [1.54, 1.807) is 18.2 Å². The van der Waals surface area contributed by atoms with Crippen LogP contribution in [0.4, 0.5) is 0 Å². The van der Waals surface area contributed by atoms with Crippen LogP contribution in [0.3, 0.4) is 0 Å². The molecule has 1 aromatic heterocycles. The minimum atomic E-state index is -0.420. The maximum absolute atomic E-state index is 11.2. The van der Waals surface area contributed by atoms with E-state index < -0.39 is 5.63 Å². The fourth-order valence-electron chi connectivity index (χ4n) is 1.35. The van der Waals surface area contributed by atoms with Crippen molar-refractivity contribution in [2.75, 3.05) is 0 Å². The molecule has 0 unspecified atom stereocenters. The molecule has 66 valence electrons. The van der Waals surface area contributed by atoms with Crippen molar-refractivity contribution >= 4 is 10.8 Å². The van der Waals surface area contributed by atoms with Gasteiger partial charge in [-0.15, -0.1) is 0 Å². The smallest absolute Gasteiger partial charge is 0.343 e. The van der Waals surface area contributed by atoms with E-state index in [9.17, 15) is 9.90 Å². The van der Waals surface area contributed by atoms with E-state index in [0.29, 0.717) is 10.8 Å². The molecular weight excluding hydrogens is 168 g/mol. The normalized spacial score (nSPS) is 10.5. The SMILES string of the molecule is Cc1cc(O)c2ccoc(=O)c2c1. The molecule has 0 aliphatic heterocycles. The molecule has 0 bridgehead atoms. The summed E-state index contributed by atoms with van der Waals surface area (Å²) >= 11 is 0. The van der Waals surface area contributed by atoms with E-state index >= 15 is 0 Å². The molecule has 0 fully saturated rings. The molecule has 3 heteroatoms. The minimum Gasteiger partial charge on any atom is -0.507 e. The molecule has 2 aromatic rings. The molecule has 13 heavy (non-hydrogen) atoms. The van der Waals surface area contributed by atoms with E-state index in [0.717, 1.165) is 5.56 Å². The first-order chi connectivity index (χ1) is 6.18. The lowest BCUT2D eigenvalue weighted by atomic mass is 10.1. The molecule has 0 spiro atoms. The van der Waals surface area contributed by atoms with Gasteiger partial charge in [0.1, 0.15) is 5.75 Å². The highest BCUT2D eigenvalue weighted by Crippen LogP contribution is 2.23. The third-order valence-electron chi connectivity index (χ3n) is 1.93. The number of aromatic hydroxyl groups is 1. The first-order valence-corrected chi connectivity index (χ1v) is 3.89. The zero-order valence-corrected chi connectivity index (χ0v) is 7.07. The monoisotopic (exact) mass is 176 g/mol. The topological polar surface area (TPSA) is 50.4 Å². The molecule has 0 aliphatic rings. The molecule has 1 heterocycles. The van der Waals surface area contributed by atoms with Gasteiger partial charge in [-0.25, -0.2) is 4.79 Å². The van der Waals surface area contributed by atoms with Crippen LogP contribution in [0.25, 0.3) is 10.8 Å². The second-order valence-electron chi connectivity index (χ2n) is 2.95. The average Bonchev–Trinajstić information content (AvgIpc) is 2.07. The maximum Gasteiger partial charge on any atom is 0.343 e. The number of aryl methyl sites for hydroxylation is 1. The van der Waals surface area contributed by atoms with Crippen molar-refractivity contribution < 1.29 is 9.52 Å². The highest BCUT2D eigenvalue weighted by Gasteiger charge is 2.04. The Hall–Kier alpha value is -1.77. The Morgan fingerprint density at radius 3 is 2.85 bits per heavy atom. The minimum absolute atomic E-state index is 0.114. The van der Waals surface area contributed by atoms with Crippen molar-refractivity contribution in [3.8, 4) is 5.75 Å². The van der Waals surface area contributed by atoms with E-state index in [2.05, 4.69) is 4.42 Å². The van der Waals surface area contributed by atoms with E-state index in [4.69, 9.17) is 0 Å². The van der Waals surface area contributed by atoms with E-state index in [1.807, 2.05) is 6.92 Å². The molecular formula is C10H8O3. The zero-order valence-electron chi connectivity index (χ0n) is 7.07. The molecule has 1 N–H and O–H groups in total. The number of benzene rings is 1. The Bertz CT molecular complexity index is 511. The summed E-state index contributed by atoms with van der Waals surface area (Å²) in [7, 11) is 0. The van der Waals surface area contributed by atoms with Crippen molar-refractivity contribution in [1.82, 2.24) is 0 Å². The first-order valence-electron chi connectivity index (χ1n) is 3.89. The molecule has 0 saturated carbocycles. The predicted octanol–water partition coefficient (Wildman–Crippen LogP) is 1.81. The third-order valence-corrected chi connectivity index (χ3v) is 1.93. The van der Waals surface area contributed by atoms with Gasteiger partial charge < -0.3 is 9.52 Å². The summed E-state index contributed by atoms with van der Waals surface area (Å²) in [4.78, 5) is 11.2. The van der Waals surface area contributed by atoms with Gasteiger partial charge in [0.05, 0.1) is 11.6 Å². The van der Waals surface area contributed by atoms with Gasteiger partial charge in [0, 0.05) is 5.39 Å². The lowest BCUT2D eigenvalue weighted by Crippen LogP contribution is -1.98. The summed E-state index contributed by atoms with van der Waals surface area (Å²) in [5.74, 6) is 0.114. The largest absolute Gasteiger partial charge is 0.507 e. The van der Waals surface area contributed by atoms with Crippen LogP contribution in [0.1, 0.15) is 5.56 Å². The van der Waals surface area contributed by atoms with Gasteiger partial charge >= 0.3 is 5.63 Å². The fraction of sp³-hybridized carbons (Fsp3) is 0.100. The summed E-state index contributed by atoms with van der Waals surface area (Å²) < 4.78 is 4.68. The summed E-state index contributed by atoms with van der Waals surface area (Å²) in [5.41, 5.74) is 0.417. The second kappa shape index (κ2) is 2.62. The van der Waals surface area contributed by atoms with E-state index in [-0.39, 0.29) is 5.75 Å². The quantitative estimate of drug-likeness (QED) is 0.665. The van der Waals surface area contributed by atoms with Crippen LogP contribution < -0.4 is 5.63 Å².